The molecule has 1 N–H and O–H groups in total. The highest BCUT2D eigenvalue weighted by Gasteiger charge is 2.29. The summed E-state index contributed by atoms with van der Waals surface area (Å²) in [5, 5.41) is 2.40. The van der Waals surface area contributed by atoms with E-state index >= 15 is 0 Å². The molecule has 2 amide bonds. The van der Waals surface area contributed by atoms with Gasteiger partial charge in [0.1, 0.15) is 11.8 Å². The Hall–Kier alpha value is -2.75. The van der Waals surface area contributed by atoms with E-state index in [-0.39, 0.29) is 5.91 Å². The highest BCUT2D eigenvalue weighted by molar-refractivity contribution is 6.48. The molecule has 1 heterocycles. The van der Waals surface area contributed by atoms with E-state index < -0.39 is 11.9 Å². The number of nitrogens with one attached hydrogen (secondary N) is 1. The van der Waals surface area contributed by atoms with Crippen LogP contribution in [-0.4, -0.2) is 23.6 Å². The standard InChI is InChI=1S/C18H16N2O2/c1-12-7-9-14(10-8-12)16-18(22)20-17(21)15(19-16)11-13-5-3-2-4-6-13/h2-10,15H,11H2,1H3,(H,20,21,22). The molecule has 0 saturated heterocycles. The quantitative estimate of drug-likeness (QED) is 0.880. The maximum absolute atomic E-state index is 12.0. The Morgan fingerprint density at radius 2 is 1.68 bits per heavy atom. The van der Waals surface area contributed by atoms with E-state index in [1.165, 1.54) is 0 Å². The Bertz CT molecular complexity index is 733. The van der Waals surface area contributed by atoms with E-state index in [1.54, 1.807) is 0 Å². The average Bonchev–Trinajstić information content (AvgIpc) is 2.52. The van der Waals surface area contributed by atoms with Crippen LogP contribution in [0.2, 0.25) is 0 Å². The fourth-order valence-corrected chi connectivity index (χ4v) is 2.42. The van der Waals surface area contributed by atoms with Crippen molar-refractivity contribution >= 4 is 17.5 Å². The zero-order valence-electron chi connectivity index (χ0n) is 12.2. The van der Waals surface area contributed by atoms with Crippen LogP contribution in [0.1, 0.15) is 16.7 Å². The monoisotopic (exact) mass is 292 g/mol. The molecule has 1 unspecified atom stereocenters. The van der Waals surface area contributed by atoms with Gasteiger partial charge in [0.25, 0.3) is 11.8 Å². The minimum atomic E-state index is -0.573. The van der Waals surface area contributed by atoms with E-state index in [4.69, 9.17) is 0 Å². The van der Waals surface area contributed by atoms with E-state index in [9.17, 15) is 9.59 Å². The minimum absolute atomic E-state index is 0.320. The molecule has 0 aliphatic carbocycles. The smallest absolute Gasteiger partial charge is 0.276 e. The van der Waals surface area contributed by atoms with Gasteiger partial charge in [-0.3, -0.25) is 19.9 Å². The predicted octanol–water partition coefficient (Wildman–Crippen LogP) is 2.05. The number of nitrogens with zero attached hydrogens (tertiary/aromatic N) is 1. The Balaban J connectivity index is 1.91. The average molecular weight is 292 g/mol. The molecule has 3 rings (SSSR count). The second-order valence-electron chi connectivity index (χ2n) is 5.37. The SMILES string of the molecule is Cc1ccc(C2=NC(Cc3ccccc3)C(=O)NC2=O)cc1. The molecule has 1 aliphatic heterocycles. The third kappa shape index (κ3) is 2.96. The Kier molecular flexibility index (Phi) is 3.83. The Morgan fingerprint density at radius 1 is 1.00 bits per heavy atom. The number of carbonyl (C=O) groups excluding carboxylic acids is 2. The van der Waals surface area contributed by atoms with Crippen molar-refractivity contribution in [1.29, 1.82) is 0 Å². The fourth-order valence-electron chi connectivity index (χ4n) is 2.42. The van der Waals surface area contributed by atoms with Crippen molar-refractivity contribution in [3.05, 3.63) is 71.3 Å². The molecule has 4 nitrogen and oxygen atoms in total. The van der Waals surface area contributed by atoms with Gasteiger partial charge in [-0.25, -0.2) is 0 Å². The molecule has 0 radical (unpaired) electrons. The lowest BCUT2D eigenvalue weighted by atomic mass is 10.0. The molecule has 4 heteroatoms. The summed E-state index contributed by atoms with van der Waals surface area (Å²) in [6.45, 7) is 1.98. The van der Waals surface area contributed by atoms with Gasteiger partial charge in [0.2, 0.25) is 0 Å². The molecule has 22 heavy (non-hydrogen) atoms. The number of aliphatic imine (C=N–C) groups is 1. The van der Waals surface area contributed by atoms with Crippen LogP contribution in [0.25, 0.3) is 0 Å². The number of rotatable bonds is 3. The zero-order chi connectivity index (χ0) is 15.5. The van der Waals surface area contributed by atoms with Gasteiger partial charge < -0.3 is 0 Å². The highest BCUT2D eigenvalue weighted by Crippen LogP contribution is 2.13. The van der Waals surface area contributed by atoms with Crippen molar-refractivity contribution in [2.45, 2.75) is 19.4 Å². The summed E-state index contributed by atoms with van der Waals surface area (Å²) in [7, 11) is 0. The van der Waals surface area contributed by atoms with Crippen molar-refractivity contribution in [1.82, 2.24) is 5.32 Å². The molecule has 1 aliphatic rings. The molecule has 2 aromatic carbocycles. The number of amides is 2. The van der Waals surface area contributed by atoms with Gasteiger partial charge in [0, 0.05) is 12.0 Å². The predicted molar refractivity (Wildman–Crippen MR) is 84.8 cm³/mol. The van der Waals surface area contributed by atoms with Crippen molar-refractivity contribution in [2.75, 3.05) is 0 Å². The van der Waals surface area contributed by atoms with E-state index in [2.05, 4.69) is 10.3 Å². The number of carbonyl (C=O) groups is 2. The number of hydrogen-bond donors (Lipinski definition) is 1. The molecule has 110 valence electrons. The summed E-state index contributed by atoms with van der Waals surface area (Å²) in [6.07, 6.45) is 0.481. The summed E-state index contributed by atoms with van der Waals surface area (Å²) < 4.78 is 0. The van der Waals surface area contributed by atoms with Crippen LogP contribution in [0.3, 0.4) is 0 Å². The molecular formula is C18H16N2O2. The van der Waals surface area contributed by atoms with Crippen molar-refractivity contribution in [3.8, 4) is 0 Å². The Labute approximate surface area is 128 Å². The fraction of sp³-hybridized carbons (Fsp3) is 0.167. The summed E-state index contributed by atoms with van der Waals surface area (Å²) in [5.74, 6) is -0.775. The lowest BCUT2D eigenvalue weighted by Crippen LogP contribution is -2.47. The van der Waals surface area contributed by atoms with E-state index in [0.29, 0.717) is 12.1 Å². The number of hydrogen-bond acceptors (Lipinski definition) is 3. The molecule has 0 saturated carbocycles. The third-order valence-corrected chi connectivity index (χ3v) is 3.64. The van der Waals surface area contributed by atoms with Crippen molar-refractivity contribution in [3.63, 3.8) is 0 Å². The van der Waals surface area contributed by atoms with E-state index in [0.717, 1.165) is 16.7 Å². The van der Waals surface area contributed by atoms with Gasteiger partial charge >= 0.3 is 0 Å². The normalized spacial score (nSPS) is 17.9. The lowest BCUT2D eigenvalue weighted by Gasteiger charge is -2.20. The highest BCUT2D eigenvalue weighted by atomic mass is 16.2. The Morgan fingerprint density at radius 3 is 2.36 bits per heavy atom. The van der Waals surface area contributed by atoms with Gasteiger partial charge in [0.15, 0.2) is 0 Å². The zero-order valence-corrected chi connectivity index (χ0v) is 12.2. The first-order valence-corrected chi connectivity index (χ1v) is 7.17. The molecule has 1 atom stereocenters. The maximum atomic E-state index is 12.0. The molecule has 0 fully saturated rings. The summed E-state index contributed by atoms with van der Waals surface area (Å²) in [4.78, 5) is 28.4. The molecule has 2 aromatic rings. The van der Waals surface area contributed by atoms with Crippen LogP contribution in [0.15, 0.2) is 59.6 Å². The summed E-state index contributed by atoms with van der Waals surface area (Å²) in [6, 6.07) is 16.6. The first-order valence-electron chi connectivity index (χ1n) is 7.17. The van der Waals surface area contributed by atoms with Gasteiger partial charge in [-0.15, -0.1) is 0 Å². The molecule has 0 bridgehead atoms. The number of benzene rings is 2. The van der Waals surface area contributed by atoms with Crippen LogP contribution >= 0.6 is 0 Å². The number of aryl methyl sites for hydroxylation is 1. The minimum Gasteiger partial charge on any atom is -0.289 e. The number of imide groups is 1. The third-order valence-electron chi connectivity index (χ3n) is 3.64. The summed E-state index contributed by atoms with van der Waals surface area (Å²) in [5.41, 5.74) is 3.18. The van der Waals surface area contributed by atoms with Gasteiger partial charge in [-0.2, -0.15) is 0 Å². The summed E-state index contributed by atoms with van der Waals surface area (Å²) >= 11 is 0. The van der Waals surface area contributed by atoms with Crippen LogP contribution < -0.4 is 5.32 Å². The van der Waals surface area contributed by atoms with Crippen LogP contribution in [0.4, 0.5) is 0 Å². The van der Waals surface area contributed by atoms with Crippen LogP contribution in [-0.2, 0) is 16.0 Å². The molecule has 0 aromatic heterocycles. The largest absolute Gasteiger partial charge is 0.289 e. The molecular weight excluding hydrogens is 276 g/mol. The van der Waals surface area contributed by atoms with Crippen LogP contribution in [0, 0.1) is 6.92 Å². The van der Waals surface area contributed by atoms with Crippen LogP contribution in [0.5, 0.6) is 0 Å². The molecule has 0 spiro atoms. The first kappa shape index (κ1) is 14.2. The first-order chi connectivity index (χ1) is 10.6. The van der Waals surface area contributed by atoms with Gasteiger partial charge in [-0.05, 0) is 12.5 Å². The van der Waals surface area contributed by atoms with Crippen molar-refractivity contribution < 1.29 is 9.59 Å². The van der Waals surface area contributed by atoms with Crippen molar-refractivity contribution in [2.24, 2.45) is 4.99 Å². The maximum Gasteiger partial charge on any atom is 0.276 e. The van der Waals surface area contributed by atoms with Gasteiger partial charge in [0.05, 0.1) is 0 Å². The second-order valence-corrected chi connectivity index (χ2v) is 5.37. The lowest BCUT2D eigenvalue weighted by molar-refractivity contribution is -0.128. The topological polar surface area (TPSA) is 58.5 Å². The second kappa shape index (κ2) is 5.93. The van der Waals surface area contributed by atoms with E-state index in [1.807, 2.05) is 61.5 Å². The van der Waals surface area contributed by atoms with Gasteiger partial charge in [-0.1, -0.05) is 60.2 Å².